The van der Waals surface area contributed by atoms with Gasteiger partial charge in [-0.25, -0.2) is 4.79 Å². The molecule has 20 heavy (non-hydrogen) atoms. The van der Waals surface area contributed by atoms with Gasteiger partial charge in [-0.1, -0.05) is 26.7 Å². The third-order valence-corrected chi connectivity index (χ3v) is 5.12. The molecule has 114 valence electrons. The molecule has 1 saturated heterocycles. The van der Waals surface area contributed by atoms with E-state index in [1.807, 2.05) is 13.8 Å². The molecule has 2 aliphatic rings. The standard InChI is InChI=1S/C15H26N2O3/c1-14(2,11-6-5-9-16-10-11)12(18)17-15(13(19)20)7-3-4-8-15/h11,16H,3-10H2,1-2H3,(H,17,18)(H,19,20). The van der Waals surface area contributed by atoms with E-state index >= 15 is 0 Å². The summed E-state index contributed by atoms with van der Waals surface area (Å²) in [6, 6.07) is 0. The molecular formula is C15H26N2O3. The van der Waals surface area contributed by atoms with Crippen LogP contribution in [0.5, 0.6) is 0 Å². The third-order valence-electron chi connectivity index (χ3n) is 5.12. The predicted molar refractivity (Wildman–Crippen MR) is 76.4 cm³/mol. The number of hydrogen-bond acceptors (Lipinski definition) is 3. The Kier molecular flexibility index (Phi) is 4.37. The summed E-state index contributed by atoms with van der Waals surface area (Å²) in [6.45, 7) is 5.71. The van der Waals surface area contributed by atoms with Gasteiger partial charge in [-0.2, -0.15) is 0 Å². The van der Waals surface area contributed by atoms with Crippen molar-refractivity contribution < 1.29 is 14.7 Å². The number of aliphatic carboxylic acids is 1. The maximum Gasteiger partial charge on any atom is 0.329 e. The Balaban J connectivity index is 2.07. The van der Waals surface area contributed by atoms with Crippen molar-refractivity contribution in [2.75, 3.05) is 13.1 Å². The highest BCUT2D eigenvalue weighted by Gasteiger charge is 2.46. The zero-order chi connectivity index (χ0) is 14.8. The van der Waals surface area contributed by atoms with Crippen molar-refractivity contribution in [2.45, 2.75) is 57.9 Å². The number of nitrogens with one attached hydrogen (secondary N) is 2. The average molecular weight is 282 g/mol. The van der Waals surface area contributed by atoms with Crippen molar-refractivity contribution in [3.05, 3.63) is 0 Å². The summed E-state index contributed by atoms with van der Waals surface area (Å²) >= 11 is 0. The van der Waals surface area contributed by atoms with Crippen LogP contribution in [0, 0.1) is 11.3 Å². The molecule has 5 nitrogen and oxygen atoms in total. The van der Waals surface area contributed by atoms with Crippen LogP contribution in [0.1, 0.15) is 52.4 Å². The van der Waals surface area contributed by atoms with E-state index in [9.17, 15) is 14.7 Å². The van der Waals surface area contributed by atoms with Gasteiger partial charge in [0.2, 0.25) is 5.91 Å². The second-order valence-corrected chi connectivity index (χ2v) is 6.81. The van der Waals surface area contributed by atoms with E-state index in [1.54, 1.807) is 0 Å². The van der Waals surface area contributed by atoms with Gasteiger partial charge in [0.25, 0.3) is 0 Å². The van der Waals surface area contributed by atoms with Gasteiger partial charge in [-0.05, 0) is 44.7 Å². The highest BCUT2D eigenvalue weighted by molar-refractivity contribution is 5.90. The number of carbonyl (C=O) groups is 2. The fraction of sp³-hybridized carbons (Fsp3) is 0.867. The van der Waals surface area contributed by atoms with Gasteiger partial charge >= 0.3 is 5.97 Å². The first-order valence-electron chi connectivity index (χ1n) is 7.65. The summed E-state index contributed by atoms with van der Waals surface area (Å²) in [5.41, 5.74) is -1.56. The van der Waals surface area contributed by atoms with Gasteiger partial charge in [0, 0.05) is 5.41 Å². The molecule has 0 spiro atoms. The number of carbonyl (C=O) groups excluding carboxylic acids is 1. The molecule has 0 radical (unpaired) electrons. The molecule has 2 fully saturated rings. The Morgan fingerprint density at radius 1 is 1.25 bits per heavy atom. The topological polar surface area (TPSA) is 78.4 Å². The highest BCUT2D eigenvalue weighted by atomic mass is 16.4. The Bertz CT molecular complexity index is 381. The molecule has 1 unspecified atom stereocenters. The van der Waals surface area contributed by atoms with Crippen LogP contribution in [-0.4, -0.2) is 35.6 Å². The molecule has 0 bridgehead atoms. The Hall–Kier alpha value is -1.10. The molecule has 5 heteroatoms. The quantitative estimate of drug-likeness (QED) is 0.730. The predicted octanol–water partition coefficient (Wildman–Crippen LogP) is 1.53. The Morgan fingerprint density at radius 2 is 1.90 bits per heavy atom. The van der Waals surface area contributed by atoms with Gasteiger partial charge in [0.15, 0.2) is 0 Å². The van der Waals surface area contributed by atoms with Crippen LogP contribution >= 0.6 is 0 Å². The SMILES string of the molecule is CC(C)(C(=O)NC1(C(=O)O)CCCC1)C1CCCNC1. The lowest BCUT2D eigenvalue weighted by molar-refractivity contribution is -0.150. The molecule has 1 saturated carbocycles. The van der Waals surface area contributed by atoms with Crippen LogP contribution < -0.4 is 10.6 Å². The Labute approximate surface area is 120 Å². The maximum absolute atomic E-state index is 12.6. The lowest BCUT2D eigenvalue weighted by atomic mass is 9.73. The molecule has 0 aromatic rings. The van der Waals surface area contributed by atoms with E-state index in [0.717, 1.165) is 38.8 Å². The summed E-state index contributed by atoms with van der Waals surface area (Å²) < 4.78 is 0. The van der Waals surface area contributed by atoms with E-state index in [0.29, 0.717) is 12.8 Å². The van der Waals surface area contributed by atoms with Gasteiger partial charge < -0.3 is 15.7 Å². The minimum absolute atomic E-state index is 0.115. The van der Waals surface area contributed by atoms with Gasteiger partial charge in [0.05, 0.1) is 0 Å². The van der Waals surface area contributed by atoms with Crippen molar-refractivity contribution >= 4 is 11.9 Å². The summed E-state index contributed by atoms with van der Waals surface area (Å²) in [5, 5.41) is 15.7. The van der Waals surface area contributed by atoms with Crippen LogP contribution in [0.4, 0.5) is 0 Å². The molecule has 1 aliphatic carbocycles. The Morgan fingerprint density at radius 3 is 2.40 bits per heavy atom. The summed E-state index contributed by atoms with van der Waals surface area (Å²) in [4.78, 5) is 24.2. The van der Waals surface area contributed by atoms with E-state index in [-0.39, 0.29) is 11.8 Å². The van der Waals surface area contributed by atoms with Crippen molar-refractivity contribution in [2.24, 2.45) is 11.3 Å². The zero-order valence-electron chi connectivity index (χ0n) is 12.5. The smallest absolute Gasteiger partial charge is 0.329 e. The van der Waals surface area contributed by atoms with E-state index in [2.05, 4.69) is 10.6 Å². The van der Waals surface area contributed by atoms with Crippen molar-refractivity contribution in [1.29, 1.82) is 0 Å². The lowest BCUT2D eigenvalue weighted by Gasteiger charge is -2.38. The fourth-order valence-electron chi connectivity index (χ4n) is 3.40. The van der Waals surface area contributed by atoms with Crippen LogP contribution in [-0.2, 0) is 9.59 Å². The number of carboxylic acid groups (broad SMARTS) is 1. The molecular weight excluding hydrogens is 256 g/mol. The van der Waals surface area contributed by atoms with E-state index in [4.69, 9.17) is 0 Å². The molecule has 0 aromatic heterocycles. The molecule has 1 amide bonds. The monoisotopic (exact) mass is 282 g/mol. The van der Waals surface area contributed by atoms with Gasteiger partial charge in [0.1, 0.15) is 5.54 Å². The fourth-order valence-corrected chi connectivity index (χ4v) is 3.40. The summed E-state index contributed by atoms with van der Waals surface area (Å²) in [5.74, 6) is -0.736. The van der Waals surface area contributed by atoms with Gasteiger partial charge in [-0.3, -0.25) is 4.79 Å². The maximum atomic E-state index is 12.6. The van der Waals surface area contributed by atoms with E-state index in [1.165, 1.54) is 0 Å². The van der Waals surface area contributed by atoms with E-state index < -0.39 is 16.9 Å². The molecule has 1 atom stereocenters. The second kappa shape index (κ2) is 5.72. The summed E-state index contributed by atoms with van der Waals surface area (Å²) in [7, 11) is 0. The molecule has 0 aromatic carbocycles. The van der Waals surface area contributed by atoms with Crippen molar-refractivity contribution in [3.8, 4) is 0 Å². The number of amides is 1. The van der Waals surface area contributed by atoms with Crippen LogP contribution in [0.25, 0.3) is 0 Å². The lowest BCUT2D eigenvalue weighted by Crippen LogP contribution is -2.58. The average Bonchev–Trinajstić information content (AvgIpc) is 2.89. The highest BCUT2D eigenvalue weighted by Crippen LogP contribution is 2.35. The van der Waals surface area contributed by atoms with Crippen LogP contribution in [0.2, 0.25) is 0 Å². The van der Waals surface area contributed by atoms with Crippen molar-refractivity contribution in [1.82, 2.24) is 10.6 Å². The molecule has 1 heterocycles. The van der Waals surface area contributed by atoms with Crippen molar-refractivity contribution in [3.63, 3.8) is 0 Å². The molecule has 3 N–H and O–H groups in total. The normalized spacial score (nSPS) is 26.2. The first-order valence-corrected chi connectivity index (χ1v) is 7.65. The number of carboxylic acids is 1. The number of rotatable bonds is 4. The molecule has 1 aliphatic heterocycles. The number of piperidine rings is 1. The van der Waals surface area contributed by atoms with Gasteiger partial charge in [-0.15, -0.1) is 0 Å². The summed E-state index contributed by atoms with van der Waals surface area (Å²) in [6.07, 6.45) is 4.94. The largest absolute Gasteiger partial charge is 0.480 e. The minimum atomic E-state index is -1.03. The third kappa shape index (κ3) is 2.82. The van der Waals surface area contributed by atoms with Crippen LogP contribution in [0.3, 0.4) is 0 Å². The second-order valence-electron chi connectivity index (χ2n) is 6.81. The molecule has 2 rings (SSSR count). The minimum Gasteiger partial charge on any atom is -0.480 e. The van der Waals surface area contributed by atoms with Crippen LogP contribution in [0.15, 0.2) is 0 Å². The number of hydrogen-bond donors (Lipinski definition) is 3. The first-order chi connectivity index (χ1) is 9.38. The first kappa shape index (κ1) is 15.3. The zero-order valence-corrected chi connectivity index (χ0v) is 12.5.